The number of rotatable bonds is 9. The van der Waals surface area contributed by atoms with Gasteiger partial charge in [-0.2, -0.15) is 13.2 Å². The van der Waals surface area contributed by atoms with Crippen molar-refractivity contribution in [2.45, 2.75) is 57.7 Å². The van der Waals surface area contributed by atoms with Crippen LogP contribution in [0.1, 0.15) is 56.3 Å². The van der Waals surface area contributed by atoms with Gasteiger partial charge in [0.15, 0.2) is 0 Å². The van der Waals surface area contributed by atoms with E-state index in [0.717, 1.165) is 24.8 Å². The van der Waals surface area contributed by atoms with Crippen molar-refractivity contribution in [3.8, 4) is 0 Å². The van der Waals surface area contributed by atoms with Gasteiger partial charge in [-0.05, 0) is 30.4 Å². The summed E-state index contributed by atoms with van der Waals surface area (Å²) in [6.45, 7) is 1.93. The molecule has 2 N–H and O–H groups in total. The molecular formula is C17H24F3NO2. The number of halogens is 3. The summed E-state index contributed by atoms with van der Waals surface area (Å²) in [4.78, 5) is 10.7. The second kappa shape index (κ2) is 9.55. The Balaban J connectivity index is 2.43. The first-order valence-corrected chi connectivity index (χ1v) is 7.96. The van der Waals surface area contributed by atoms with Gasteiger partial charge in [0.2, 0.25) is 0 Å². The summed E-state index contributed by atoms with van der Waals surface area (Å²) in [5.74, 6) is -1.98. The van der Waals surface area contributed by atoms with Gasteiger partial charge in [0, 0.05) is 6.54 Å². The van der Waals surface area contributed by atoms with Crippen molar-refractivity contribution in [3.05, 3.63) is 35.4 Å². The zero-order chi connectivity index (χ0) is 17.3. The molecule has 1 aromatic rings. The second-order valence-electron chi connectivity index (χ2n) is 5.61. The minimum atomic E-state index is -4.89. The van der Waals surface area contributed by atoms with Crippen molar-refractivity contribution in [1.29, 1.82) is 0 Å². The van der Waals surface area contributed by atoms with E-state index in [2.05, 4.69) is 6.92 Å². The molecule has 0 fully saturated rings. The number of aliphatic hydroxyl groups excluding tert-OH is 1. The molecule has 1 amide bonds. The highest BCUT2D eigenvalue weighted by molar-refractivity contribution is 5.81. The van der Waals surface area contributed by atoms with E-state index in [1.54, 1.807) is 11.4 Å². The van der Waals surface area contributed by atoms with Crippen molar-refractivity contribution < 1.29 is 23.1 Å². The van der Waals surface area contributed by atoms with E-state index < -0.39 is 18.2 Å². The lowest BCUT2D eigenvalue weighted by Crippen LogP contribution is -2.37. The molecule has 3 nitrogen and oxygen atoms in total. The highest BCUT2D eigenvalue weighted by atomic mass is 19.4. The molecule has 0 aromatic heterocycles. The largest absolute Gasteiger partial charge is 0.471 e. The number of aryl methyl sites for hydroxylation is 1. The summed E-state index contributed by atoms with van der Waals surface area (Å²) in [6, 6.07) is 7.43. The fourth-order valence-corrected chi connectivity index (χ4v) is 2.30. The molecule has 0 aliphatic rings. The molecule has 0 saturated heterocycles. The maximum Gasteiger partial charge on any atom is 0.471 e. The quantitative estimate of drug-likeness (QED) is 0.674. The SMILES string of the molecule is CCCCCCc1cccc(C(O)CCNC(=O)C(F)(F)F)c1. The Hall–Kier alpha value is -1.56. The number of carbonyl (C=O) groups excluding carboxylic acids is 1. The third-order valence-corrected chi connectivity index (χ3v) is 3.62. The standard InChI is InChI=1S/C17H24F3NO2/c1-2-3-4-5-7-13-8-6-9-14(12-13)15(22)10-11-21-16(23)17(18,19)20/h6,8-9,12,15,22H,2-5,7,10-11H2,1H3,(H,21,23). The number of unbranched alkanes of at least 4 members (excludes halogenated alkanes) is 3. The lowest BCUT2D eigenvalue weighted by atomic mass is 10.0. The van der Waals surface area contributed by atoms with Crippen LogP contribution in [0.15, 0.2) is 24.3 Å². The maximum absolute atomic E-state index is 12.0. The zero-order valence-corrected chi connectivity index (χ0v) is 13.3. The zero-order valence-electron chi connectivity index (χ0n) is 13.3. The number of nitrogens with one attached hydrogen (secondary N) is 1. The van der Waals surface area contributed by atoms with Crippen molar-refractivity contribution in [2.75, 3.05) is 6.54 Å². The molecule has 1 atom stereocenters. The summed E-state index contributed by atoms with van der Waals surface area (Å²) in [5.41, 5.74) is 1.77. The lowest BCUT2D eigenvalue weighted by Gasteiger charge is -2.13. The number of carbonyl (C=O) groups is 1. The van der Waals surface area contributed by atoms with Crippen molar-refractivity contribution in [1.82, 2.24) is 5.32 Å². The third kappa shape index (κ3) is 7.50. The van der Waals surface area contributed by atoms with Gasteiger partial charge in [0.1, 0.15) is 0 Å². The predicted octanol–water partition coefficient (Wildman–Crippen LogP) is 3.91. The van der Waals surface area contributed by atoms with Crippen LogP contribution in [0.5, 0.6) is 0 Å². The van der Waals surface area contributed by atoms with Crippen molar-refractivity contribution in [3.63, 3.8) is 0 Å². The molecule has 1 rings (SSSR count). The highest BCUT2D eigenvalue weighted by Crippen LogP contribution is 2.19. The summed E-state index contributed by atoms with van der Waals surface area (Å²) in [5, 5.41) is 11.8. The van der Waals surface area contributed by atoms with E-state index in [0.29, 0.717) is 5.56 Å². The number of benzene rings is 1. The lowest BCUT2D eigenvalue weighted by molar-refractivity contribution is -0.173. The summed E-state index contributed by atoms with van der Waals surface area (Å²) < 4.78 is 36.1. The molecule has 0 saturated carbocycles. The molecule has 0 bridgehead atoms. The average molecular weight is 331 g/mol. The molecule has 0 heterocycles. The van der Waals surface area contributed by atoms with Gasteiger partial charge in [0.25, 0.3) is 0 Å². The van der Waals surface area contributed by atoms with E-state index in [-0.39, 0.29) is 13.0 Å². The molecule has 1 unspecified atom stereocenters. The molecule has 1 aromatic carbocycles. The Bertz CT molecular complexity index is 489. The molecule has 130 valence electrons. The first-order chi connectivity index (χ1) is 10.8. The fraction of sp³-hybridized carbons (Fsp3) is 0.588. The van der Waals surface area contributed by atoms with Gasteiger partial charge in [-0.1, -0.05) is 50.5 Å². The van der Waals surface area contributed by atoms with Crippen molar-refractivity contribution in [2.24, 2.45) is 0 Å². The number of hydrogen-bond acceptors (Lipinski definition) is 2. The van der Waals surface area contributed by atoms with Gasteiger partial charge < -0.3 is 10.4 Å². The number of aliphatic hydroxyl groups is 1. The van der Waals surface area contributed by atoms with E-state index in [9.17, 15) is 23.1 Å². The summed E-state index contributed by atoms with van der Waals surface area (Å²) >= 11 is 0. The van der Waals surface area contributed by atoms with Crippen LogP contribution in [0, 0.1) is 0 Å². The van der Waals surface area contributed by atoms with Gasteiger partial charge in [-0.25, -0.2) is 0 Å². The van der Waals surface area contributed by atoms with Gasteiger partial charge >= 0.3 is 12.1 Å². The smallest absolute Gasteiger partial charge is 0.388 e. The summed E-state index contributed by atoms with van der Waals surface area (Å²) in [6.07, 6.45) is -0.208. The van der Waals surface area contributed by atoms with Crippen LogP contribution in [0.3, 0.4) is 0 Å². The van der Waals surface area contributed by atoms with Crippen LogP contribution in [0.4, 0.5) is 13.2 Å². The fourth-order valence-electron chi connectivity index (χ4n) is 2.30. The average Bonchev–Trinajstić information content (AvgIpc) is 2.50. The Morgan fingerprint density at radius 2 is 2.00 bits per heavy atom. The van der Waals surface area contributed by atoms with Gasteiger partial charge in [-0.15, -0.1) is 0 Å². The van der Waals surface area contributed by atoms with Crippen LogP contribution in [0.25, 0.3) is 0 Å². The highest BCUT2D eigenvalue weighted by Gasteiger charge is 2.38. The van der Waals surface area contributed by atoms with Gasteiger partial charge in [0.05, 0.1) is 6.10 Å². The van der Waals surface area contributed by atoms with E-state index in [4.69, 9.17) is 0 Å². The van der Waals surface area contributed by atoms with E-state index in [1.807, 2.05) is 18.2 Å². The maximum atomic E-state index is 12.0. The molecule has 0 spiro atoms. The predicted molar refractivity (Wildman–Crippen MR) is 82.9 cm³/mol. The molecular weight excluding hydrogens is 307 g/mol. The van der Waals surface area contributed by atoms with Crippen LogP contribution >= 0.6 is 0 Å². The second-order valence-corrected chi connectivity index (χ2v) is 5.61. The Morgan fingerprint density at radius 3 is 2.65 bits per heavy atom. The van der Waals surface area contributed by atoms with Gasteiger partial charge in [-0.3, -0.25) is 4.79 Å². The monoisotopic (exact) mass is 331 g/mol. The normalized spacial score (nSPS) is 12.9. The minimum absolute atomic E-state index is 0.0428. The Labute approximate surface area is 134 Å². The third-order valence-electron chi connectivity index (χ3n) is 3.62. The first-order valence-electron chi connectivity index (χ1n) is 7.96. The van der Waals surface area contributed by atoms with Crippen molar-refractivity contribution >= 4 is 5.91 Å². The topological polar surface area (TPSA) is 49.3 Å². The Kier molecular flexibility index (Phi) is 8.09. The van der Waals surface area contributed by atoms with Crippen LogP contribution < -0.4 is 5.32 Å². The molecule has 0 aliphatic carbocycles. The van der Waals surface area contributed by atoms with E-state index in [1.165, 1.54) is 12.8 Å². The number of hydrogen-bond donors (Lipinski definition) is 2. The first kappa shape index (κ1) is 19.5. The molecule has 23 heavy (non-hydrogen) atoms. The number of amides is 1. The van der Waals surface area contributed by atoms with Crippen LogP contribution in [-0.4, -0.2) is 23.7 Å². The minimum Gasteiger partial charge on any atom is -0.388 e. The van der Waals surface area contributed by atoms with Crippen LogP contribution in [0.2, 0.25) is 0 Å². The molecule has 0 aliphatic heterocycles. The Morgan fingerprint density at radius 1 is 1.26 bits per heavy atom. The van der Waals surface area contributed by atoms with E-state index >= 15 is 0 Å². The van der Waals surface area contributed by atoms with Crippen LogP contribution in [-0.2, 0) is 11.2 Å². The molecule has 0 radical (unpaired) electrons. The number of alkyl halides is 3. The summed E-state index contributed by atoms with van der Waals surface area (Å²) in [7, 11) is 0. The molecule has 6 heteroatoms.